The van der Waals surface area contributed by atoms with Crippen LogP contribution in [0.15, 0.2) is 15.7 Å². The molecule has 0 aliphatic heterocycles. The predicted molar refractivity (Wildman–Crippen MR) is 67.4 cm³/mol. The van der Waals surface area contributed by atoms with Crippen LogP contribution < -0.4 is 11.2 Å². The summed E-state index contributed by atoms with van der Waals surface area (Å²) in [6.45, 7) is 9.09. The van der Waals surface area contributed by atoms with Gasteiger partial charge < -0.3 is 0 Å². The van der Waals surface area contributed by atoms with Gasteiger partial charge in [0.2, 0.25) is 0 Å². The van der Waals surface area contributed by atoms with E-state index >= 15 is 0 Å². The molecule has 0 radical (unpaired) electrons. The highest BCUT2D eigenvalue weighted by Gasteiger charge is 2.64. The van der Waals surface area contributed by atoms with E-state index in [0.29, 0.717) is 12.5 Å². The minimum Gasteiger partial charge on any atom is -0.298 e. The fourth-order valence-corrected chi connectivity index (χ4v) is 2.81. The number of rotatable bonds is 2. The van der Waals surface area contributed by atoms with Gasteiger partial charge in [0, 0.05) is 12.6 Å². The number of aromatic nitrogens is 2. The first kappa shape index (κ1) is 12.4. The molecular formula is C12H17ClN2O2. The number of aromatic amines is 1. The smallest absolute Gasteiger partial charge is 0.298 e. The van der Waals surface area contributed by atoms with Crippen LogP contribution in [0.5, 0.6) is 0 Å². The monoisotopic (exact) mass is 256 g/mol. The Morgan fingerprint density at radius 2 is 1.82 bits per heavy atom. The molecule has 0 amide bonds. The van der Waals surface area contributed by atoms with Gasteiger partial charge in [-0.15, -0.1) is 0 Å². The van der Waals surface area contributed by atoms with E-state index in [1.165, 1.54) is 10.6 Å². The second-order valence-electron chi connectivity index (χ2n) is 5.87. The number of halogens is 1. The molecule has 0 unspecified atom stereocenters. The molecule has 0 bridgehead atoms. The molecule has 1 saturated carbocycles. The SMILES string of the molecule is CC1(C)C(Cn2c(=O)cc(Cl)[nH]c2=O)C1(C)C. The van der Waals surface area contributed by atoms with Crippen molar-refractivity contribution in [1.29, 1.82) is 0 Å². The summed E-state index contributed by atoms with van der Waals surface area (Å²) in [7, 11) is 0. The van der Waals surface area contributed by atoms with Crippen molar-refractivity contribution < 1.29 is 0 Å². The van der Waals surface area contributed by atoms with Crippen LogP contribution in [0, 0.1) is 16.7 Å². The average molecular weight is 257 g/mol. The van der Waals surface area contributed by atoms with Crippen LogP contribution >= 0.6 is 11.6 Å². The topological polar surface area (TPSA) is 54.9 Å². The van der Waals surface area contributed by atoms with Crippen LogP contribution in [0.25, 0.3) is 0 Å². The van der Waals surface area contributed by atoms with Crippen molar-refractivity contribution in [1.82, 2.24) is 9.55 Å². The molecule has 1 N–H and O–H groups in total. The second-order valence-corrected chi connectivity index (χ2v) is 6.27. The molecule has 94 valence electrons. The van der Waals surface area contributed by atoms with Gasteiger partial charge in [0.25, 0.3) is 5.56 Å². The standard InChI is InChI=1S/C12H17ClN2O2/c1-11(2)7(12(11,3)4)6-15-9(16)5-8(13)14-10(15)17/h5,7H,6H2,1-4H3,(H,14,17). The van der Waals surface area contributed by atoms with E-state index in [-0.39, 0.29) is 21.5 Å². The highest BCUT2D eigenvalue weighted by Crippen LogP contribution is 2.68. The Bertz CT molecular complexity index is 523. The van der Waals surface area contributed by atoms with E-state index in [1.54, 1.807) is 0 Å². The van der Waals surface area contributed by atoms with Crippen LogP contribution in [0.4, 0.5) is 0 Å². The lowest BCUT2D eigenvalue weighted by atomic mass is 10.0. The summed E-state index contributed by atoms with van der Waals surface area (Å²) in [5.74, 6) is 0.329. The Balaban J connectivity index is 2.35. The van der Waals surface area contributed by atoms with Crippen molar-refractivity contribution in [2.24, 2.45) is 16.7 Å². The molecular weight excluding hydrogens is 240 g/mol. The van der Waals surface area contributed by atoms with Crippen molar-refractivity contribution in [3.63, 3.8) is 0 Å². The number of nitrogens with zero attached hydrogens (tertiary/aromatic N) is 1. The van der Waals surface area contributed by atoms with E-state index in [4.69, 9.17) is 11.6 Å². The molecule has 17 heavy (non-hydrogen) atoms. The minimum absolute atomic E-state index is 0.0885. The van der Waals surface area contributed by atoms with Crippen molar-refractivity contribution in [3.05, 3.63) is 32.1 Å². The third kappa shape index (κ3) is 1.75. The summed E-state index contributed by atoms with van der Waals surface area (Å²) in [6.07, 6.45) is 0. The van der Waals surface area contributed by atoms with Gasteiger partial charge in [0.15, 0.2) is 0 Å². The zero-order valence-electron chi connectivity index (χ0n) is 10.5. The lowest BCUT2D eigenvalue weighted by molar-refractivity contribution is 0.457. The molecule has 5 heteroatoms. The molecule has 1 aliphatic carbocycles. The normalized spacial score (nSPS) is 21.5. The summed E-state index contributed by atoms with van der Waals surface area (Å²) in [4.78, 5) is 25.8. The molecule has 1 heterocycles. The summed E-state index contributed by atoms with van der Waals surface area (Å²) >= 11 is 5.62. The number of hydrogen-bond donors (Lipinski definition) is 1. The second kappa shape index (κ2) is 3.48. The molecule has 2 rings (SSSR count). The quantitative estimate of drug-likeness (QED) is 0.822. The van der Waals surface area contributed by atoms with Gasteiger partial charge in [-0.25, -0.2) is 4.79 Å². The first-order chi connectivity index (χ1) is 7.68. The van der Waals surface area contributed by atoms with Crippen molar-refractivity contribution in [2.45, 2.75) is 34.2 Å². The Kier molecular flexibility index (Phi) is 2.54. The zero-order valence-corrected chi connectivity index (χ0v) is 11.3. The van der Waals surface area contributed by atoms with Gasteiger partial charge in [-0.3, -0.25) is 14.3 Å². The van der Waals surface area contributed by atoms with E-state index < -0.39 is 5.69 Å². The molecule has 0 atom stereocenters. The van der Waals surface area contributed by atoms with Crippen molar-refractivity contribution in [3.8, 4) is 0 Å². The van der Waals surface area contributed by atoms with Crippen LogP contribution in [-0.4, -0.2) is 9.55 Å². The number of hydrogen-bond acceptors (Lipinski definition) is 2. The lowest BCUT2D eigenvalue weighted by Gasteiger charge is -2.05. The average Bonchev–Trinajstić information content (AvgIpc) is 2.51. The number of H-pyrrole nitrogens is 1. The van der Waals surface area contributed by atoms with Gasteiger partial charge in [0.1, 0.15) is 5.15 Å². The Hall–Kier alpha value is -1.03. The molecule has 1 aromatic rings. The molecule has 0 saturated heterocycles. The maximum atomic E-state index is 11.7. The third-order valence-corrected chi connectivity index (χ3v) is 4.88. The van der Waals surface area contributed by atoms with Crippen LogP contribution in [0.3, 0.4) is 0 Å². The minimum atomic E-state index is -0.430. The first-order valence-corrected chi connectivity index (χ1v) is 6.05. The van der Waals surface area contributed by atoms with Gasteiger partial charge in [0.05, 0.1) is 0 Å². The van der Waals surface area contributed by atoms with E-state index in [0.717, 1.165) is 0 Å². The largest absolute Gasteiger partial charge is 0.329 e. The highest BCUT2D eigenvalue weighted by atomic mass is 35.5. The summed E-state index contributed by atoms with van der Waals surface area (Å²) in [5.41, 5.74) is -0.463. The summed E-state index contributed by atoms with van der Waals surface area (Å²) in [5, 5.41) is 0.0885. The van der Waals surface area contributed by atoms with E-state index in [2.05, 4.69) is 32.7 Å². The highest BCUT2D eigenvalue weighted by molar-refractivity contribution is 6.29. The molecule has 0 aromatic carbocycles. The van der Waals surface area contributed by atoms with Gasteiger partial charge in [-0.2, -0.15) is 0 Å². The molecule has 1 aromatic heterocycles. The third-order valence-electron chi connectivity index (χ3n) is 4.67. The molecule has 0 spiro atoms. The Labute approximate surface area is 105 Å². The van der Waals surface area contributed by atoms with Crippen molar-refractivity contribution in [2.75, 3.05) is 0 Å². The van der Waals surface area contributed by atoms with Gasteiger partial charge in [-0.05, 0) is 16.7 Å². The summed E-state index contributed by atoms with van der Waals surface area (Å²) < 4.78 is 1.23. The van der Waals surface area contributed by atoms with E-state index in [9.17, 15) is 9.59 Å². The van der Waals surface area contributed by atoms with Crippen molar-refractivity contribution >= 4 is 11.6 Å². The summed E-state index contributed by atoms with van der Waals surface area (Å²) in [6, 6.07) is 1.24. The molecule has 1 aliphatic rings. The maximum absolute atomic E-state index is 11.7. The number of nitrogens with one attached hydrogen (secondary N) is 1. The zero-order chi connectivity index (χ0) is 13.0. The van der Waals surface area contributed by atoms with E-state index in [1.807, 2.05) is 0 Å². The van der Waals surface area contributed by atoms with Crippen LogP contribution in [0.1, 0.15) is 27.7 Å². The van der Waals surface area contributed by atoms with Crippen LogP contribution in [0.2, 0.25) is 5.15 Å². The predicted octanol–water partition coefficient (Wildman–Crippen LogP) is 1.87. The molecule has 1 fully saturated rings. The first-order valence-electron chi connectivity index (χ1n) is 5.67. The lowest BCUT2D eigenvalue weighted by Crippen LogP contribution is -2.35. The Morgan fingerprint density at radius 3 is 2.24 bits per heavy atom. The van der Waals surface area contributed by atoms with Crippen LogP contribution in [-0.2, 0) is 6.54 Å². The van der Waals surface area contributed by atoms with Gasteiger partial charge in [-0.1, -0.05) is 39.3 Å². The Morgan fingerprint density at radius 1 is 1.29 bits per heavy atom. The fraction of sp³-hybridized carbons (Fsp3) is 0.667. The maximum Gasteiger partial charge on any atom is 0.329 e. The fourth-order valence-electron chi connectivity index (χ4n) is 2.64. The molecule has 4 nitrogen and oxygen atoms in total. The van der Waals surface area contributed by atoms with Gasteiger partial charge >= 0.3 is 5.69 Å².